The minimum Gasteiger partial charge on any atom is -0.489 e. The molecule has 0 aromatic heterocycles. The Kier molecular flexibility index (Phi) is 9.87. The van der Waals surface area contributed by atoms with E-state index in [1.54, 1.807) is 7.05 Å². The summed E-state index contributed by atoms with van der Waals surface area (Å²) in [5, 5.41) is 6.59. The van der Waals surface area contributed by atoms with E-state index in [9.17, 15) is 0 Å². The van der Waals surface area contributed by atoms with Crippen LogP contribution in [-0.4, -0.2) is 45.4 Å². The molecule has 0 aliphatic heterocycles. The molecule has 1 rings (SSSR count). The Hall–Kier alpha value is -1.75. The lowest BCUT2D eigenvalue weighted by Crippen LogP contribution is -2.42. The van der Waals surface area contributed by atoms with Gasteiger partial charge in [0, 0.05) is 26.8 Å². The van der Waals surface area contributed by atoms with E-state index < -0.39 is 0 Å². The number of nitrogens with zero attached hydrogens (tertiary/aromatic N) is 1. The van der Waals surface area contributed by atoms with Crippen LogP contribution in [0.5, 0.6) is 5.75 Å². The lowest BCUT2D eigenvalue weighted by Gasteiger charge is -2.18. The van der Waals surface area contributed by atoms with Crippen molar-refractivity contribution in [2.75, 3.05) is 33.4 Å². The van der Waals surface area contributed by atoms with Crippen molar-refractivity contribution in [3.8, 4) is 5.75 Å². The van der Waals surface area contributed by atoms with Gasteiger partial charge in [-0.1, -0.05) is 17.7 Å². The van der Waals surface area contributed by atoms with E-state index in [-0.39, 0.29) is 6.10 Å². The summed E-state index contributed by atoms with van der Waals surface area (Å²) in [6, 6.07) is 8.10. The molecule has 0 heterocycles. The molecule has 2 N–H and O–H groups in total. The Morgan fingerprint density at radius 3 is 2.57 bits per heavy atom. The maximum absolute atomic E-state index is 5.87. The molecule has 0 aliphatic carbocycles. The van der Waals surface area contributed by atoms with E-state index in [1.165, 1.54) is 5.56 Å². The highest BCUT2D eigenvalue weighted by Gasteiger charge is 2.05. The topological polar surface area (TPSA) is 54.9 Å². The first-order chi connectivity index (χ1) is 11.2. The van der Waals surface area contributed by atoms with E-state index in [4.69, 9.17) is 9.47 Å². The Bertz CT molecular complexity index is 446. The number of hydrogen-bond donors (Lipinski definition) is 2. The second-order valence-corrected chi connectivity index (χ2v) is 5.53. The third-order valence-electron chi connectivity index (χ3n) is 3.35. The molecular weight excluding hydrogens is 290 g/mol. The van der Waals surface area contributed by atoms with Crippen LogP contribution in [0.25, 0.3) is 0 Å². The molecule has 1 aromatic rings. The van der Waals surface area contributed by atoms with Gasteiger partial charge in [0.15, 0.2) is 5.96 Å². The second-order valence-electron chi connectivity index (χ2n) is 5.53. The van der Waals surface area contributed by atoms with Gasteiger partial charge >= 0.3 is 0 Å². The standard InChI is InChI=1S/C18H31N3O2/c1-5-22-13-7-6-12-20-18(19-4)21-14-16(3)23-17-10-8-15(2)9-11-17/h8-11,16H,5-7,12-14H2,1-4H3,(H2,19,20,21). The molecule has 130 valence electrons. The third kappa shape index (κ3) is 9.08. The number of aryl methyl sites for hydroxylation is 1. The van der Waals surface area contributed by atoms with Gasteiger partial charge in [-0.25, -0.2) is 0 Å². The van der Waals surface area contributed by atoms with Gasteiger partial charge in [0.1, 0.15) is 11.9 Å². The van der Waals surface area contributed by atoms with Crippen molar-refractivity contribution in [1.29, 1.82) is 0 Å². The van der Waals surface area contributed by atoms with Crippen molar-refractivity contribution in [2.24, 2.45) is 4.99 Å². The van der Waals surface area contributed by atoms with Gasteiger partial charge in [0.25, 0.3) is 0 Å². The summed E-state index contributed by atoms with van der Waals surface area (Å²) < 4.78 is 11.2. The van der Waals surface area contributed by atoms with Crippen LogP contribution in [0.4, 0.5) is 0 Å². The molecule has 0 bridgehead atoms. The Morgan fingerprint density at radius 1 is 1.17 bits per heavy atom. The van der Waals surface area contributed by atoms with Crippen LogP contribution in [0.15, 0.2) is 29.3 Å². The molecule has 0 amide bonds. The fraction of sp³-hybridized carbons (Fsp3) is 0.611. The number of benzene rings is 1. The third-order valence-corrected chi connectivity index (χ3v) is 3.35. The molecule has 5 heteroatoms. The first kappa shape index (κ1) is 19.3. The van der Waals surface area contributed by atoms with E-state index >= 15 is 0 Å². The maximum atomic E-state index is 5.87. The van der Waals surface area contributed by atoms with Gasteiger partial charge in [0.2, 0.25) is 0 Å². The molecule has 1 unspecified atom stereocenters. The highest BCUT2D eigenvalue weighted by atomic mass is 16.5. The SMILES string of the molecule is CCOCCCCNC(=NC)NCC(C)Oc1ccc(C)cc1. The summed E-state index contributed by atoms with van der Waals surface area (Å²) >= 11 is 0. The Labute approximate surface area is 140 Å². The summed E-state index contributed by atoms with van der Waals surface area (Å²) in [6.07, 6.45) is 2.19. The number of unbranched alkanes of at least 4 members (excludes halogenated alkanes) is 1. The zero-order valence-electron chi connectivity index (χ0n) is 14.9. The number of guanidine groups is 1. The molecule has 0 spiro atoms. The van der Waals surface area contributed by atoms with Crippen LogP contribution in [-0.2, 0) is 4.74 Å². The highest BCUT2D eigenvalue weighted by Crippen LogP contribution is 2.12. The fourth-order valence-corrected chi connectivity index (χ4v) is 2.03. The lowest BCUT2D eigenvalue weighted by atomic mass is 10.2. The summed E-state index contributed by atoms with van der Waals surface area (Å²) in [4.78, 5) is 4.22. The van der Waals surface area contributed by atoms with Gasteiger partial charge in [-0.15, -0.1) is 0 Å². The molecule has 1 atom stereocenters. The average Bonchev–Trinajstić information content (AvgIpc) is 2.55. The summed E-state index contributed by atoms with van der Waals surface area (Å²) in [5.74, 6) is 1.70. The number of hydrogen-bond acceptors (Lipinski definition) is 3. The summed E-state index contributed by atoms with van der Waals surface area (Å²) in [6.45, 7) is 9.33. The van der Waals surface area contributed by atoms with Crippen LogP contribution < -0.4 is 15.4 Å². The van der Waals surface area contributed by atoms with Crippen molar-refractivity contribution >= 4 is 5.96 Å². The quantitative estimate of drug-likeness (QED) is 0.395. The maximum Gasteiger partial charge on any atom is 0.191 e. The Balaban J connectivity index is 2.19. The van der Waals surface area contributed by atoms with Crippen LogP contribution in [0, 0.1) is 6.92 Å². The van der Waals surface area contributed by atoms with Gasteiger partial charge in [-0.2, -0.15) is 0 Å². The zero-order valence-corrected chi connectivity index (χ0v) is 14.9. The lowest BCUT2D eigenvalue weighted by molar-refractivity contribution is 0.143. The molecule has 0 saturated heterocycles. The van der Waals surface area contributed by atoms with Crippen LogP contribution in [0.3, 0.4) is 0 Å². The molecule has 23 heavy (non-hydrogen) atoms. The molecular formula is C18H31N3O2. The molecule has 0 aliphatic rings. The van der Waals surface area contributed by atoms with Crippen molar-refractivity contribution in [1.82, 2.24) is 10.6 Å². The van der Waals surface area contributed by atoms with E-state index in [2.05, 4.69) is 34.7 Å². The molecule has 5 nitrogen and oxygen atoms in total. The van der Waals surface area contributed by atoms with Gasteiger partial charge in [-0.05, 0) is 45.7 Å². The van der Waals surface area contributed by atoms with Crippen LogP contribution in [0.1, 0.15) is 32.3 Å². The number of aliphatic imine (C=N–C) groups is 1. The van der Waals surface area contributed by atoms with Gasteiger partial charge in [-0.3, -0.25) is 4.99 Å². The van der Waals surface area contributed by atoms with Crippen molar-refractivity contribution in [3.63, 3.8) is 0 Å². The van der Waals surface area contributed by atoms with E-state index in [0.29, 0.717) is 6.54 Å². The molecule has 0 fully saturated rings. The second kappa shape index (κ2) is 11.8. The largest absolute Gasteiger partial charge is 0.489 e. The monoisotopic (exact) mass is 321 g/mol. The minimum absolute atomic E-state index is 0.0641. The first-order valence-corrected chi connectivity index (χ1v) is 8.41. The predicted octanol–water partition coefficient (Wildman–Crippen LogP) is 2.74. The summed E-state index contributed by atoms with van der Waals surface area (Å²) in [5.41, 5.74) is 1.23. The van der Waals surface area contributed by atoms with Crippen molar-refractivity contribution in [3.05, 3.63) is 29.8 Å². The summed E-state index contributed by atoms with van der Waals surface area (Å²) in [7, 11) is 1.78. The van der Waals surface area contributed by atoms with E-state index in [0.717, 1.165) is 44.3 Å². The molecule has 0 saturated carbocycles. The molecule has 1 aromatic carbocycles. The van der Waals surface area contributed by atoms with E-state index in [1.807, 2.05) is 26.0 Å². The molecule has 0 radical (unpaired) electrons. The normalized spacial score (nSPS) is 12.8. The number of ether oxygens (including phenoxy) is 2. The number of rotatable bonds is 10. The fourth-order valence-electron chi connectivity index (χ4n) is 2.03. The average molecular weight is 321 g/mol. The minimum atomic E-state index is 0.0641. The van der Waals surface area contributed by atoms with Crippen molar-refractivity contribution in [2.45, 2.75) is 39.7 Å². The predicted molar refractivity (Wildman–Crippen MR) is 96.4 cm³/mol. The zero-order chi connectivity index (χ0) is 16.9. The van der Waals surface area contributed by atoms with Crippen LogP contribution in [0.2, 0.25) is 0 Å². The number of nitrogens with one attached hydrogen (secondary N) is 2. The van der Waals surface area contributed by atoms with Crippen LogP contribution >= 0.6 is 0 Å². The van der Waals surface area contributed by atoms with Gasteiger partial charge in [0.05, 0.1) is 6.54 Å². The Morgan fingerprint density at radius 2 is 1.91 bits per heavy atom. The van der Waals surface area contributed by atoms with Gasteiger partial charge < -0.3 is 20.1 Å². The first-order valence-electron chi connectivity index (χ1n) is 8.41. The smallest absolute Gasteiger partial charge is 0.191 e. The highest BCUT2D eigenvalue weighted by molar-refractivity contribution is 5.79. The van der Waals surface area contributed by atoms with Crippen molar-refractivity contribution < 1.29 is 9.47 Å².